The normalized spacial score (nSPS) is 10.6. The molecule has 3 rings (SSSR count). The number of hydrogen-bond acceptors (Lipinski definition) is 6. The van der Waals surface area contributed by atoms with Crippen molar-refractivity contribution >= 4 is 17.6 Å². The highest BCUT2D eigenvalue weighted by molar-refractivity contribution is 6.00. The van der Waals surface area contributed by atoms with E-state index in [1.807, 2.05) is 31.2 Å². The number of esters is 1. The minimum atomic E-state index is -0.440. The van der Waals surface area contributed by atoms with Gasteiger partial charge < -0.3 is 25.1 Å². The van der Waals surface area contributed by atoms with Crippen LogP contribution in [0.3, 0.4) is 0 Å². The maximum Gasteiger partial charge on any atom is 0.340 e. The van der Waals surface area contributed by atoms with Gasteiger partial charge in [0.2, 0.25) is 0 Å². The van der Waals surface area contributed by atoms with E-state index in [1.54, 1.807) is 26.4 Å². The summed E-state index contributed by atoms with van der Waals surface area (Å²) >= 11 is 0. The van der Waals surface area contributed by atoms with E-state index in [0.29, 0.717) is 48.4 Å². The van der Waals surface area contributed by atoms with E-state index in [-0.39, 0.29) is 12.5 Å². The number of anilines is 1. The van der Waals surface area contributed by atoms with Gasteiger partial charge in [-0.3, -0.25) is 9.89 Å². The number of carbonyl (C=O) groups excluding carboxylic acids is 2. The molecule has 170 valence electrons. The Balaban J connectivity index is 1.79. The van der Waals surface area contributed by atoms with Crippen LogP contribution in [-0.2, 0) is 24.1 Å². The lowest BCUT2D eigenvalue weighted by Crippen LogP contribution is -2.27. The zero-order valence-corrected chi connectivity index (χ0v) is 18.6. The van der Waals surface area contributed by atoms with Gasteiger partial charge in [-0.2, -0.15) is 5.10 Å². The quantitative estimate of drug-likeness (QED) is 0.341. The molecule has 9 nitrogen and oxygen atoms in total. The molecule has 0 spiro atoms. The van der Waals surface area contributed by atoms with E-state index < -0.39 is 5.97 Å². The minimum absolute atomic E-state index is 0.255. The predicted molar refractivity (Wildman–Crippen MR) is 121 cm³/mol. The minimum Gasteiger partial charge on any atom is -0.497 e. The molecule has 0 saturated heterocycles. The third kappa shape index (κ3) is 5.48. The smallest absolute Gasteiger partial charge is 0.340 e. The van der Waals surface area contributed by atoms with E-state index in [9.17, 15) is 9.59 Å². The lowest BCUT2D eigenvalue weighted by atomic mass is 10.1. The van der Waals surface area contributed by atoms with Gasteiger partial charge in [0.1, 0.15) is 11.4 Å². The average Bonchev–Trinajstić information content (AvgIpc) is 3.45. The van der Waals surface area contributed by atoms with Gasteiger partial charge >= 0.3 is 5.97 Å². The van der Waals surface area contributed by atoms with Crippen molar-refractivity contribution < 1.29 is 19.1 Å². The van der Waals surface area contributed by atoms with Crippen molar-refractivity contribution in [2.75, 3.05) is 25.6 Å². The third-order valence-electron chi connectivity index (χ3n) is 5.05. The summed E-state index contributed by atoms with van der Waals surface area (Å²) in [6.45, 7) is 4.71. The second-order valence-electron chi connectivity index (χ2n) is 7.10. The van der Waals surface area contributed by atoms with Crippen LogP contribution in [0.5, 0.6) is 5.75 Å². The fourth-order valence-corrected chi connectivity index (χ4v) is 3.45. The Bertz CT molecular complexity index is 1030. The van der Waals surface area contributed by atoms with Crippen molar-refractivity contribution in [1.29, 1.82) is 0 Å². The first-order valence-electron chi connectivity index (χ1n) is 10.6. The maximum absolute atomic E-state index is 12.9. The highest BCUT2D eigenvalue weighted by Crippen LogP contribution is 2.23. The molecule has 2 heterocycles. The highest BCUT2D eigenvalue weighted by atomic mass is 16.5. The molecule has 3 aromatic rings. The van der Waals surface area contributed by atoms with E-state index in [1.165, 1.54) is 0 Å². The first-order chi connectivity index (χ1) is 15.6. The molecule has 2 aromatic heterocycles. The Labute approximate surface area is 186 Å². The van der Waals surface area contributed by atoms with Gasteiger partial charge in [-0.1, -0.05) is 6.92 Å². The Kier molecular flexibility index (Phi) is 7.91. The number of methoxy groups -OCH3 is 1. The highest BCUT2D eigenvalue weighted by Gasteiger charge is 2.26. The first kappa shape index (κ1) is 22.9. The fraction of sp³-hybridized carbons (Fsp3) is 0.348. The standard InChI is InChI=1S/C23H29N5O4/c1-4-18-20(23(30)32-5-2)19(14-25-16-6-8-17(31-3)9-7-16)28-21(18)22(29)24-11-10-15-12-26-27-13-15/h6-9,12-13,25,28H,4-5,10-11,14H2,1-3H3,(H,24,29)(H,26,27). The number of aromatic amines is 2. The van der Waals surface area contributed by atoms with Crippen LogP contribution in [0.25, 0.3) is 0 Å². The number of hydrogen-bond donors (Lipinski definition) is 4. The lowest BCUT2D eigenvalue weighted by Gasteiger charge is -2.09. The van der Waals surface area contributed by atoms with Crippen LogP contribution >= 0.6 is 0 Å². The molecule has 0 aliphatic carbocycles. The first-order valence-corrected chi connectivity index (χ1v) is 10.6. The SMILES string of the molecule is CCOC(=O)c1c(CNc2ccc(OC)cc2)[nH]c(C(=O)NCCc2cn[nH]c2)c1CC. The summed E-state index contributed by atoms with van der Waals surface area (Å²) in [6.07, 6.45) is 4.68. The van der Waals surface area contributed by atoms with E-state index >= 15 is 0 Å². The van der Waals surface area contributed by atoms with Crippen molar-refractivity contribution in [3.05, 3.63) is 64.7 Å². The molecule has 0 aliphatic rings. The molecular formula is C23H29N5O4. The van der Waals surface area contributed by atoms with Crippen LogP contribution in [0.2, 0.25) is 0 Å². The Morgan fingerprint density at radius 3 is 2.56 bits per heavy atom. The summed E-state index contributed by atoms with van der Waals surface area (Å²) in [6, 6.07) is 7.46. The summed E-state index contributed by atoms with van der Waals surface area (Å²) in [5.41, 5.74) is 3.92. The van der Waals surface area contributed by atoms with Crippen LogP contribution in [0, 0.1) is 0 Å². The lowest BCUT2D eigenvalue weighted by molar-refractivity contribution is 0.0524. The zero-order chi connectivity index (χ0) is 22.9. The van der Waals surface area contributed by atoms with Gasteiger partial charge in [-0.15, -0.1) is 0 Å². The number of rotatable bonds is 11. The summed E-state index contributed by atoms with van der Waals surface area (Å²) in [4.78, 5) is 28.8. The monoisotopic (exact) mass is 439 g/mol. The number of aromatic nitrogens is 3. The maximum atomic E-state index is 12.9. The largest absolute Gasteiger partial charge is 0.497 e. The van der Waals surface area contributed by atoms with Crippen LogP contribution in [0.15, 0.2) is 36.7 Å². The van der Waals surface area contributed by atoms with Gasteiger partial charge in [0.15, 0.2) is 0 Å². The molecule has 9 heteroatoms. The van der Waals surface area contributed by atoms with Gasteiger partial charge in [-0.25, -0.2) is 4.79 Å². The van der Waals surface area contributed by atoms with E-state index in [4.69, 9.17) is 9.47 Å². The number of benzene rings is 1. The molecular weight excluding hydrogens is 410 g/mol. The summed E-state index contributed by atoms with van der Waals surface area (Å²) in [5, 5.41) is 12.8. The van der Waals surface area contributed by atoms with Gasteiger partial charge in [0.25, 0.3) is 5.91 Å². The third-order valence-corrected chi connectivity index (χ3v) is 5.05. The van der Waals surface area contributed by atoms with Gasteiger partial charge in [-0.05, 0) is 55.2 Å². The molecule has 32 heavy (non-hydrogen) atoms. The molecule has 1 aromatic carbocycles. The predicted octanol–water partition coefficient (Wildman–Crippen LogP) is 3.07. The topological polar surface area (TPSA) is 121 Å². The van der Waals surface area contributed by atoms with Crippen LogP contribution < -0.4 is 15.4 Å². The van der Waals surface area contributed by atoms with Crippen molar-refractivity contribution in [2.24, 2.45) is 0 Å². The van der Waals surface area contributed by atoms with E-state index in [0.717, 1.165) is 17.0 Å². The Hall–Kier alpha value is -3.75. The van der Waals surface area contributed by atoms with Crippen molar-refractivity contribution in [3.63, 3.8) is 0 Å². The van der Waals surface area contributed by atoms with Crippen molar-refractivity contribution in [2.45, 2.75) is 33.2 Å². The van der Waals surface area contributed by atoms with Crippen LogP contribution in [-0.4, -0.2) is 47.3 Å². The molecule has 1 amide bonds. The second kappa shape index (κ2) is 11.0. The molecule has 4 N–H and O–H groups in total. The number of amides is 1. The number of carbonyl (C=O) groups is 2. The second-order valence-corrected chi connectivity index (χ2v) is 7.10. The summed E-state index contributed by atoms with van der Waals surface area (Å²) < 4.78 is 10.5. The molecule has 0 aliphatic heterocycles. The van der Waals surface area contributed by atoms with Crippen molar-refractivity contribution in [1.82, 2.24) is 20.5 Å². The zero-order valence-electron chi connectivity index (χ0n) is 18.6. The van der Waals surface area contributed by atoms with E-state index in [2.05, 4.69) is 25.8 Å². The van der Waals surface area contributed by atoms with Crippen LogP contribution in [0.4, 0.5) is 5.69 Å². The summed E-state index contributed by atoms with van der Waals surface area (Å²) in [7, 11) is 1.61. The fourth-order valence-electron chi connectivity index (χ4n) is 3.45. The number of ether oxygens (including phenoxy) is 2. The molecule has 0 radical (unpaired) electrons. The molecule has 0 bridgehead atoms. The van der Waals surface area contributed by atoms with Crippen molar-refractivity contribution in [3.8, 4) is 5.75 Å². The molecule has 0 saturated carbocycles. The Morgan fingerprint density at radius 2 is 1.94 bits per heavy atom. The number of nitrogens with one attached hydrogen (secondary N) is 4. The summed E-state index contributed by atoms with van der Waals surface area (Å²) in [5.74, 6) is 0.0569. The average molecular weight is 440 g/mol. The Morgan fingerprint density at radius 1 is 1.16 bits per heavy atom. The van der Waals surface area contributed by atoms with Crippen LogP contribution in [0.1, 0.15) is 51.5 Å². The molecule has 0 unspecified atom stereocenters. The molecule has 0 atom stereocenters. The number of H-pyrrole nitrogens is 2. The van der Waals surface area contributed by atoms with Gasteiger partial charge in [0, 0.05) is 24.1 Å². The molecule has 0 fully saturated rings. The number of nitrogens with zero attached hydrogens (tertiary/aromatic N) is 1. The van der Waals surface area contributed by atoms with Gasteiger partial charge in [0.05, 0.1) is 32.0 Å².